The SMILES string of the molecule is CCCCN(C)C(=O)c1cc(-c2cccs2)nc2ccccc12. The third-order valence-corrected chi connectivity index (χ3v) is 4.81. The van der Waals surface area contributed by atoms with Crippen molar-refractivity contribution < 1.29 is 4.79 Å². The van der Waals surface area contributed by atoms with Gasteiger partial charge >= 0.3 is 0 Å². The molecule has 0 N–H and O–H groups in total. The summed E-state index contributed by atoms with van der Waals surface area (Å²) in [5, 5.41) is 2.95. The van der Waals surface area contributed by atoms with E-state index < -0.39 is 0 Å². The maximum atomic E-state index is 12.9. The predicted molar refractivity (Wildman–Crippen MR) is 96.9 cm³/mol. The van der Waals surface area contributed by atoms with Crippen molar-refractivity contribution in [2.45, 2.75) is 19.8 Å². The van der Waals surface area contributed by atoms with E-state index in [1.807, 2.05) is 59.8 Å². The first-order chi connectivity index (χ1) is 11.2. The number of benzene rings is 1. The number of hydrogen-bond donors (Lipinski definition) is 0. The Labute approximate surface area is 140 Å². The van der Waals surface area contributed by atoms with Crippen molar-refractivity contribution in [1.82, 2.24) is 9.88 Å². The van der Waals surface area contributed by atoms with Crippen LogP contribution in [-0.4, -0.2) is 29.4 Å². The highest BCUT2D eigenvalue weighted by atomic mass is 32.1. The van der Waals surface area contributed by atoms with Crippen molar-refractivity contribution in [2.75, 3.05) is 13.6 Å². The number of carbonyl (C=O) groups excluding carboxylic acids is 1. The Bertz CT molecular complexity index is 811. The summed E-state index contributed by atoms with van der Waals surface area (Å²) < 4.78 is 0. The van der Waals surface area contributed by atoms with E-state index >= 15 is 0 Å². The zero-order valence-electron chi connectivity index (χ0n) is 13.5. The Morgan fingerprint density at radius 3 is 2.78 bits per heavy atom. The van der Waals surface area contributed by atoms with Crippen molar-refractivity contribution >= 4 is 28.1 Å². The van der Waals surface area contributed by atoms with Gasteiger partial charge in [0.2, 0.25) is 0 Å². The molecule has 3 nitrogen and oxygen atoms in total. The van der Waals surface area contributed by atoms with Crippen molar-refractivity contribution in [3.05, 3.63) is 53.4 Å². The molecule has 0 spiro atoms. The second-order valence-corrected chi connectivity index (χ2v) is 6.58. The van der Waals surface area contributed by atoms with Crippen LogP contribution in [-0.2, 0) is 0 Å². The second kappa shape index (κ2) is 6.92. The largest absolute Gasteiger partial charge is 0.342 e. The van der Waals surface area contributed by atoms with E-state index in [0.29, 0.717) is 0 Å². The highest BCUT2D eigenvalue weighted by Crippen LogP contribution is 2.28. The number of carbonyl (C=O) groups is 1. The Kier molecular flexibility index (Phi) is 4.72. The van der Waals surface area contributed by atoms with E-state index in [4.69, 9.17) is 4.98 Å². The van der Waals surface area contributed by atoms with E-state index in [-0.39, 0.29) is 5.91 Å². The van der Waals surface area contributed by atoms with Crippen LogP contribution in [0.4, 0.5) is 0 Å². The van der Waals surface area contributed by atoms with Gasteiger partial charge in [0.15, 0.2) is 0 Å². The van der Waals surface area contributed by atoms with Crippen LogP contribution in [0, 0.1) is 0 Å². The fraction of sp³-hybridized carbons (Fsp3) is 0.263. The first-order valence-corrected chi connectivity index (χ1v) is 8.78. The average Bonchev–Trinajstić information content (AvgIpc) is 3.12. The summed E-state index contributed by atoms with van der Waals surface area (Å²) >= 11 is 1.64. The van der Waals surface area contributed by atoms with E-state index in [1.54, 1.807) is 11.3 Å². The van der Waals surface area contributed by atoms with Gasteiger partial charge in [-0.25, -0.2) is 4.98 Å². The minimum absolute atomic E-state index is 0.0647. The number of hydrogen-bond acceptors (Lipinski definition) is 3. The van der Waals surface area contributed by atoms with E-state index in [0.717, 1.165) is 46.4 Å². The molecule has 23 heavy (non-hydrogen) atoms. The van der Waals surface area contributed by atoms with Gasteiger partial charge in [0.25, 0.3) is 5.91 Å². The van der Waals surface area contributed by atoms with Gasteiger partial charge in [-0.05, 0) is 30.0 Å². The predicted octanol–water partition coefficient (Wildman–Crippen LogP) is 4.84. The topological polar surface area (TPSA) is 33.2 Å². The molecule has 118 valence electrons. The minimum atomic E-state index is 0.0647. The third kappa shape index (κ3) is 3.27. The highest BCUT2D eigenvalue weighted by Gasteiger charge is 2.17. The summed E-state index contributed by atoms with van der Waals surface area (Å²) in [6.45, 7) is 2.91. The molecule has 1 amide bonds. The molecule has 0 aliphatic rings. The maximum Gasteiger partial charge on any atom is 0.254 e. The monoisotopic (exact) mass is 324 g/mol. The zero-order chi connectivity index (χ0) is 16.2. The number of aromatic nitrogens is 1. The lowest BCUT2D eigenvalue weighted by molar-refractivity contribution is 0.0795. The molecular formula is C19H20N2OS. The van der Waals surface area contributed by atoms with Gasteiger partial charge in [-0.2, -0.15) is 0 Å². The molecule has 2 aromatic heterocycles. The number of fused-ring (bicyclic) bond motifs is 1. The Balaban J connectivity index is 2.09. The Morgan fingerprint density at radius 1 is 1.22 bits per heavy atom. The number of amides is 1. The van der Waals surface area contributed by atoms with E-state index in [9.17, 15) is 4.79 Å². The number of para-hydroxylation sites is 1. The van der Waals surface area contributed by atoms with Crippen LogP contribution < -0.4 is 0 Å². The van der Waals surface area contributed by atoms with Crippen molar-refractivity contribution in [1.29, 1.82) is 0 Å². The second-order valence-electron chi connectivity index (χ2n) is 5.63. The van der Waals surface area contributed by atoms with Crippen molar-refractivity contribution in [2.24, 2.45) is 0 Å². The highest BCUT2D eigenvalue weighted by molar-refractivity contribution is 7.13. The summed E-state index contributed by atoms with van der Waals surface area (Å²) in [5.41, 5.74) is 2.47. The molecule has 4 heteroatoms. The summed E-state index contributed by atoms with van der Waals surface area (Å²) in [6, 6.07) is 13.8. The molecule has 0 bridgehead atoms. The molecule has 2 heterocycles. The van der Waals surface area contributed by atoms with Gasteiger partial charge < -0.3 is 4.90 Å². The van der Waals surface area contributed by atoms with Crippen LogP contribution in [0.15, 0.2) is 47.8 Å². The van der Waals surface area contributed by atoms with Crippen LogP contribution in [0.5, 0.6) is 0 Å². The van der Waals surface area contributed by atoms with Crippen LogP contribution >= 0.6 is 11.3 Å². The number of rotatable bonds is 5. The van der Waals surface area contributed by atoms with Gasteiger partial charge in [0.05, 0.1) is 21.7 Å². The van der Waals surface area contributed by atoms with Crippen molar-refractivity contribution in [3.8, 4) is 10.6 Å². The first kappa shape index (κ1) is 15.7. The molecular weight excluding hydrogens is 304 g/mol. The van der Waals surface area contributed by atoms with Gasteiger partial charge in [-0.15, -0.1) is 11.3 Å². The summed E-state index contributed by atoms with van der Waals surface area (Å²) in [7, 11) is 1.87. The normalized spacial score (nSPS) is 10.9. The minimum Gasteiger partial charge on any atom is -0.342 e. The lowest BCUT2D eigenvalue weighted by Crippen LogP contribution is -2.28. The van der Waals surface area contributed by atoms with Crippen molar-refractivity contribution in [3.63, 3.8) is 0 Å². The Morgan fingerprint density at radius 2 is 2.04 bits per heavy atom. The molecule has 0 saturated heterocycles. The molecule has 0 saturated carbocycles. The smallest absolute Gasteiger partial charge is 0.254 e. The molecule has 0 radical (unpaired) electrons. The van der Waals surface area contributed by atoms with E-state index in [1.165, 1.54) is 0 Å². The zero-order valence-corrected chi connectivity index (χ0v) is 14.3. The standard InChI is InChI=1S/C19H20N2OS/c1-3-4-11-21(2)19(22)15-13-17(18-10-7-12-23-18)20-16-9-6-5-8-14(15)16/h5-10,12-13H,3-4,11H2,1-2H3. The lowest BCUT2D eigenvalue weighted by atomic mass is 10.1. The summed E-state index contributed by atoms with van der Waals surface area (Å²) in [5.74, 6) is 0.0647. The average molecular weight is 324 g/mol. The number of thiophene rings is 1. The number of nitrogens with zero attached hydrogens (tertiary/aromatic N) is 2. The van der Waals surface area contributed by atoms with Crippen LogP contribution in [0.25, 0.3) is 21.5 Å². The quantitative estimate of drug-likeness (QED) is 0.673. The van der Waals surface area contributed by atoms with Gasteiger partial charge in [0, 0.05) is 19.0 Å². The molecule has 0 aliphatic carbocycles. The fourth-order valence-corrected chi connectivity index (χ4v) is 3.29. The maximum absolute atomic E-state index is 12.9. The number of pyridine rings is 1. The summed E-state index contributed by atoms with van der Waals surface area (Å²) in [6.07, 6.45) is 2.10. The van der Waals surface area contributed by atoms with E-state index in [2.05, 4.69) is 6.92 Å². The van der Waals surface area contributed by atoms with Crippen LogP contribution in [0.2, 0.25) is 0 Å². The van der Waals surface area contributed by atoms with Crippen LogP contribution in [0.1, 0.15) is 30.1 Å². The molecule has 0 atom stereocenters. The fourth-order valence-electron chi connectivity index (χ4n) is 2.61. The molecule has 0 fully saturated rings. The summed E-state index contributed by atoms with van der Waals surface area (Å²) in [4.78, 5) is 20.5. The third-order valence-electron chi connectivity index (χ3n) is 3.91. The van der Waals surface area contributed by atoms with Gasteiger partial charge in [-0.3, -0.25) is 4.79 Å². The van der Waals surface area contributed by atoms with Gasteiger partial charge in [0.1, 0.15) is 0 Å². The molecule has 0 unspecified atom stereocenters. The lowest BCUT2D eigenvalue weighted by Gasteiger charge is -2.18. The van der Waals surface area contributed by atoms with Crippen LogP contribution in [0.3, 0.4) is 0 Å². The molecule has 1 aromatic carbocycles. The molecule has 3 rings (SSSR count). The number of unbranched alkanes of at least 4 members (excludes halogenated alkanes) is 1. The molecule has 3 aromatic rings. The molecule has 0 aliphatic heterocycles. The first-order valence-electron chi connectivity index (χ1n) is 7.90. The van der Waals surface area contributed by atoms with Gasteiger partial charge in [-0.1, -0.05) is 37.6 Å². The Hall–Kier alpha value is -2.20.